The molecule has 1 aromatic heterocycles. The molecule has 1 aromatic carbocycles. The normalized spacial score (nSPS) is 20.0. The van der Waals surface area contributed by atoms with Crippen LogP contribution in [0.15, 0.2) is 28.7 Å². The minimum Gasteiger partial charge on any atom is -0.423 e. The van der Waals surface area contributed by atoms with Crippen LogP contribution in [0.4, 0.5) is 6.01 Å². The van der Waals surface area contributed by atoms with Gasteiger partial charge in [0.1, 0.15) is 5.52 Å². The van der Waals surface area contributed by atoms with Crippen LogP contribution in [0.1, 0.15) is 25.7 Å². The second kappa shape index (κ2) is 5.63. The molecule has 5 nitrogen and oxygen atoms in total. The average molecular weight is 299 g/mol. The molecule has 0 radical (unpaired) electrons. The Morgan fingerprint density at radius 3 is 2.73 bits per heavy atom. The monoisotopic (exact) mass is 299 g/mol. The molecule has 1 saturated carbocycles. The highest BCUT2D eigenvalue weighted by Crippen LogP contribution is 2.29. The molecule has 4 rings (SSSR count). The summed E-state index contributed by atoms with van der Waals surface area (Å²) in [5.74, 6) is 0.640. The summed E-state index contributed by atoms with van der Waals surface area (Å²) in [6, 6.07) is 8.51. The van der Waals surface area contributed by atoms with Gasteiger partial charge in [-0.2, -0.15) is 4.98 Å². The summed E-state index contributed by atoms with van der Waals surface area (Å²) in [5.41, 5.74) is 1.72. The van der Waals surface area contributed by atoms with E-state index in [4.69, 9.17) is 4.42 Å². The Kier molecular flexibility index (Phi) is 3.48. The van der Waals surface area contributed by atoms with Gasteiger partial charge in [-0.05, 0) is 31.4 Å². The van der Waals surface area contributed by atoms with E-state index in [1.165, 1.54) is 6.42 Å². The zero-order valence-electron chi connectivity index (χ0n) is 12.7. The van der Waals surface area contributed by atoms with Crippen molar-refractivity contribution in [2.24, 2.45) is 5.92 Å². The largest absolute Gasteiger partial charge is 0.423 e. The number of hydrogen-bond donors (Lipinski definition) is 0. The zero-order valence-corrected chi connectivity index (χ0v) is 12.7. The van der Waals surface area contributed by atoms with E-state index in [1.54, 1.807) is 0 Å². The Bertz CT molecular complexity index is 644. The molecule has 1 aliphatic carbocycles. The maximum absolute atomic E-state index is 12.4. The topological polar surface area (TPSA) is 49.6 Å². The molecule has 1 saturated heterocycles. The summed E-state index contributed by atoms with van der Waals surface area (Å²) >= 11 is 0. The third kappa shape index (κ3) is 2.45. The van der Waals surface area contributed by atoms with Gasteiger partial charge in [-0.25, -0.2) is 0 Å². The number of nitrogens with zero attached hydrogens (tertiary/aromatic N) is 3. The summed E-state index contributed by atoms with van der Waals surface area (Å²) in [7, 11) is 0. The average Bonchev–Trinajstić information content (AvgIpc) is 2.74. The first-order valence-corrected chi connectivity index (χ1v) is 8.20. The van der Waals surface area contributed by atoms with Gasteiger partial charge in [0.2, 0.25) is 5.91 Å². The van der Waals surface area contributed by atoms with E-state index < -0.39 is 0 Å². The molecule has 2 heterocycles. The summed E-state index contributed by atoms with van der Waals surface area (Å²) in [4.78, 5) is 21.1. The van der Waals surface area contributed by atoms with E-state index in [0.29, 0.717) is 11.9 Å². The number of aromatic nitrogens is 1. The number of benzene rings is 1. The number of rotatable bonds is 2. The number of amides is 1. The van der Waals surface area contributed by atoms with Crippen LogP contribution in [-0.4, -0.2) is 42.0 Å². The minimum absolute atomic E-state index is 0.288. The lowest BCUT2D eigenvalue weighted by Gasteiger charge is -2.30. The molecule has 0 bridgehead atoms. The predicted octanol–water partition coefficient (Wildman–Crippen LogP) is 2.67. The van der Waals surface area contributed by atoms with Crippen LogP contribution in [-0.2, 0) is 4.79 Å². The van der Waals surface area contributed by atoms with Crippen LogP contribution in [0.25, 0.3) is 11.1 Å². The van der Waals surface area contributed by atoms with Gasteiger partial charge in [-0.1, -0.05) is 18.6 Å². The van der Waals surface area contributed by atoms with Gasteiger partial charge in [0.25, 0.3) is 6.01 Å². The number of carbonyl (C=O) groups is 1. The maximum atomic E-state index is 12.4. The second-order valence-corrected chi connectivity index (χ2v) is 6.26. The van der Waals surface area contributed by atoms with Gasteiger partial charge in [-0.15, -0.1) is 0 Å². The lowest BCUT2D eigenvalue weighted by molar-refractivity contribution is -0.137. The third-order valence-corrected chi connectivity index (χ3v) is 4.82. The van der Waals surface area contributed by atoms with Crippen molar-refractivity contribution in [3.05, 3.63) is 24.3 Å². The molecule has 2 aromatic rings. The molecule has 116 valence electrons. The first-order chi connectivity index (χ1) is 10.8. The number of hydrogen-bond acceptors (Lipinski definition) is 4. The fourth-order valence-electron chi connectivity index (χ4n) is 3.24. The molecular weight excluding hydrogens is 278 g/mol. The highest BCUT2D eigenvalue weighted by Gasteiger charge is 2.30. The lowest BCUT2D eigenvalue weighted by Crippen LogP contribution is -2.41. The number of para-hydroxylation sites is 2. The first kappa shape index (κ1) is 13.6. The van der Waals surface area contributed by atoms with Crippen LogP contribution < -0.4 is 4.90 Å². The SMILES string of the molecule is O=C(C1CCC1)N1CCCN(c2nc3ccccc3o2)CC1. The molecule has 1 aliphatic heterocycles. The van der Waals surface area contributed by atoms with E-state index >= 15 is 0 Å². The smallest absolute Gasteiger partial charge is 0.298 e. The molecule has 0 spiro atoms. The van der Waals surface area contributed by atoms with E-state index in [0.717, 1.165) is 56.5 Å². The van der Waals surface area contributed by atoms with Gasteiger partial charge in [0.05, 0.1) is 0 Å². The summed E-state index contributed by atoms with van der Waals surface area (Å²) in [5, 5.41) is 0. The third-order valence-electron chi connectivity index (χ3n) is 4.82. The summed E-state index contributed by atoms with van der Waals surface area (Å²) < 4.78 is 5.85. The summed E-state index contributed by atoms with van der Waals surface area (Å²) in [6.45, 7) is 3.31. The number of carbonyl (C=O) groups excluding carboxylic acids is 1. The van der Waals surface area contributed by atoms with Gasteiger partial charge < -0.3 is 14.2 Å². The summed E-state index contributed by atoms with van der Waals surface area (Å²) in [6.07, 6.45) is 4.32. The van der Waals surface area contributed by atoms with Crippen LogP contribution in [0, 0.1) is 5.92 Å². The van der Waals surface area contributed by atoms with Crippen molar-refractivity contribution in [1.82, 2.24) is 9.88 Å². The van der Waals surface area contributed by atoms with E-state index in [2.05, 4.69) is 9.88 Å². The van der Waals surface area contributed by atoms with Crippen molar-refractivity contribution >= 4 is 23.0 Å². The molecule has 2 fully saturated rings. The Hall–Kier alpha value is -2.04. The van der Waals surface area contributed by atoms with Crippen molar-refractivity contribution < 1.29 is 9.21 Å². The van der Waals surface area contributed by atoms with E-state index in [-0.39, 0.29) is 5.92 Å². The molecule has 0 unspecified atom stereocenters. The molecule has 1 amide bonds. The van der Waals surface area contributed by atoms with Crippen LogP contribution >= 0.6 is 0 Å². The number of anilines is 1. The quantitative estimate of drug-likeness (QED) is 0.855. The van der Waals surface area contributed by atoms with Crippen molar-refractivity contribution in [1.29, 1.82) is 0 Å². The molecule has 22 heavy (non-hydrogen) atoms. The second-order valence-electron chi connectivity index (χ2n) is 6.26. The Morgan fingerprint density at radius 1 is 1.09 bits per heavy atom. The van der Waals surface area contributed by atoms with Gasteiger partial charge in [0.15, 0.2) is 5.58 Å². The highest BCUT2D eigenvalue weighted by atomic mass is 16.4. The van der Waals surface area contributed by atoms with Crippen molar-refractivity contribution in [3.8, 4) is 0 Å². The minimum atomic E-state index is 0.288. The number of oxazole rings is 1. The Labute approximate surface area is 129 Å². The maximum Gasteiger partial charge on any atom is 0.298 e. The molecular formula is C17H21N3O2. The van der Waals surface area contributed by atoms with Gasteiger partial charge >= 0.3 is 0 Å². The fraction of sp³-hybridized carbons (Fsp3) is 0.529. The van der Waals surface area contributed by atoms with Crippen molar-refractivity contribution in [3.63, 3.8) is 0 Å². The Balaban J connectivity index is 1.46. The lowest BCUT2D eigenvalue weighted by atomic mass is 9.84. The van der Waals surface area contributed by atoms with E-state index in [1.807, 2.05) is 29.2 Å². The van der Waals surface area contributed by atoms with Gasteiger partial charge in [-0.3, -0.25) is 4.79 Å². The molecule has 5 heteroatoms. The Morgan fingerprint density at radius 2 is 1.95 bits per heavy atom. The fourth-order valence-corrected chi connectivity index (χ4v) is 3.24. The first-order valence-electron chi connectivity index (χ1n) is 8.20. The van der Waals surface area contributed by atoms with E-state index in [9.17, 15) is 4.79 Å². The zero-order chi connectivity index (χ0) is 14.9. The molecule has 2 aliphatic rings. The molecule has 0 atom stereocenters. The highest BCUT2D eigenvalue weighted by molar-refractivity contribution is 5.79. The standard InChI is InChI=1S/C17H21N3O2/c21-16(13-5-3-6-13)19-9-4-10-20(12-11-19)17-18-14-7-1-2-8-15(14)22-17/h1-2,7-8,13H,3-6,9-12H2. The van der Waals surface area contributed by atoms with Gasteiger partial charge in [0, 0.05) is 32.1 Å². The van der Waals surface area contributed by atoms with Crippen LogP contribution in [0.3, 0.4) is 0 Å². The molecule has 0 N–H and O–H groups in total. The predicted molar refractivity (Wildman–Crippen MR) is 84.8 cm³/mol. The van der Waals surface area contributed by atoms with Crippen LogP contribution in [0.2, 0.25) is 0 Å². The van der Waals surface area contributed by atoms with Crippen molar-refractivity contribution in [2.45, 2.75) is 25.7 Å². The van der Waals surface area contributed by atoms with Crippen molar-refractivity contribution in [2.75, 3.05) is 31.1 Å². The number of fused-ring (bicyclic) bond motifs is 1. The van der Waals surface area contributed by atoms with Crippen LogP contribution in [0.5, 0.6) is 0 Å².